The molecule has 1 unspecified atom stereocenters. The monoisotopic (exact) mass is 421 g/mol. The molecule has 6 nitrogen and oxygen atoms in total. The van der Waals surface area contributed by atoms with E-state index in [0.717, 1.165) is 73.7 Å². The van der Waals surface area contributed by atoms with Gasteiger partial charge in [-0.1, -0.05) is 42.5 Å². The Morgan fingerprint density at radius 1 is 1.06 bits per heavy atom. The number of benzene rings is 2. The third-order valence-electron chi connectivity index (χ3n) is 5.49. The van der Waals surface area contributed by atoms with Crippen LogP contribution in [0.15, 0.2) is 60.7 Å². The average Bonchev–Trinajstić information content (AvgIpc) is 2.83. The first-order valence-electron chi connectivity index (χ1n) is 11.1. The Labute approximate surface area is 183 Å². The van der Waals surface area contributed by atoms with Gasteiger partial charge in [-0.25, -0.2) is 4.98 Å². The van der Waals surface area contributed by atoms with Crippen LogP contribution < -0.4 is 10.1 Å². The molecule has 1 aliphatic rings. The van der Waals surface area contributed by atoms with E-state index in [9.17, 15) is 5.11 Å². The SMILES string of the molecule is OC(CNCCCN1CCOCC1)COc1cc(-c2ccccc2)nc2ccccc12. The van der Waals surface area contributed by atoms with Crippen molar-refractivity contribution in [2.24, 2.45) is 0 Å². The molecule has 1 atom stereocenters. The highest BCUT2D eigenvalue weighted by atomic mass is 16.5. The molecule has 1 fully saturated rings. The van der Waals surface area contributed by atoms with Crippen LogP contribution in [0.25, 0.3) is 22.2 Å². The molecule has 164 valence electrons. The number of aromatic nitrogens is 1. The van der Waals surface area contributed by atoms with Crippen molar-refractivity contribution in [2.75, 3.05) is 52.5 Å². The van der Waals surface area contributed by atoms with Gasteiger partial charge < -0.3 is 19.9 Å². The number of rotatable bonds is 10. The summed E-state index contributed by atoms with van der Waals surface area (Å²) in [4.78, 5) is 7.20. The molecule has 1 aliphatic heterocycles. The van der Waals surface area contributed by atoms with Gasteiger partial charge in [0, 0.05) is 36.7 Å². The van der Waals surface area contributed by atoms with Gasteiger partial charge in [-0.05, 0) is 31.6 Å². The molecule has 1 aromatic heterocycles. The second-order valence-corrected chi connectivity index (χ2v) is 7.87. The summed E-state index contributed by atoms with van der Waals surface area (Å²) in [7, 11) is 0. The van der Waals surface area contributed by atoms with E-state index in [1.54, 1.807) is 0 Å². The zero-order valence-electron chi connectivity index (χ0n) is 17.9. The third kappa shape index (κ3) is 6.24. The summed E-state index contributed by atoms with van der Waals surface area (Å²) in [6.45, 7) is 6.39. The standard InChI is InChI=1S/C25H31N3O3/c29-21(18-26-11-6-12-28-13-15-30-16-14-28)19-31-25-17-24(20-7-2-1-3-8-20)27-23-10-5-4-9-22(23)25/h1-5,7-10,17,21,26,29H,6,11-16,18-19H2. The minimum absolute atomic E-state index is 0.235. The maximum Gasteiger partial charge on any atom is 0.131 e. The van der Waals surface area contributed by atoms with E-state index in [-0.39, 0.29) is 6.61 Å². The quantitative estimate of drug-likeness (QED) is 0.491. The molecule has 0 saturated carbocycles. The number of aliphatic hydroxyl groups excluding tert-OH is 1. The summed E-state index contributed by atoms with van der Waals surface area (Å²) >= 11 is 0. The molecule has 1 saturated heterocycles. The highest BCUT2D eigenvalue weighted by Crippen LogP contribution is 2.30. The fourth-order valence-electron chi connectivity index (χ4n) is 3.79. The fourth-order valence-corrected chi connectivity index (χ4v) is 3.79. The van der Waals surface area contributed by atoms with E-state index in [4.69, 9.17) is 14.5 Å². The van der Waals surface area contributed by atoms with Crippen LogP contribution >= 0.6 is 0 Å². The molecule has 0 radical (unpaired) electrons. The third-order valence-corrected chi connectivity index (χ3v) is 5.49. The van der Waals surface area contributed by atoms with Crippen LogP contribution in [0, 0.1) is 0 Å². The van der Waals surface area contributed by atoms with Gasteiger partial charge in [-0.15, -0.1) is 0 Å². The lowest BCUT2D eigenvalue weighted by atomic mass is 10.1. The van der Waals surface area contributed by atoms with E-state index in [0.29, 0.717) is 6.54 Å². The molecule has 3 aromatic rings. The minimum Gasteiger partial charge on any atom is -0.490 e. The Balaban J connectivity index is 1.29. The number of morpholine rings is 1. The van der Waals surface area contributed by atoms with Crippen LogP contribution in [-0.2, 0) is 4.74 Å². The maximum absolute atomic E-state index is 10.4. The fraction of sp³-hybridized carbons (Fsp3) is 0.400. The molecule has 0 spiro atoms. The Hall–Kier alpha value is -2.51. The topological polar surface area (TPSA) is 66.9 Å². The molecular formula is C25H31N3O3. The van der Waals surface area contributed by atoms with Crippen molar-refractivity contribution in [2.45, 2.75) is 12.5 Å². The highest BCUT2D eigenvalue weighted by Gasteiger charge is 2.12. The molecule has 0 bridgehead atoms. The molecule has 0 aliphatic carbocycles. The first kappa shape index (κ1) is 21.7. The van der Waals surface area contributed by atoms with Gasteiger partial charge in [-0.2, -0.15) is 0 Å². The number of aliphatic hydroxyl groups is 1. The largest absolute Gasteiger partial charge is 0.490 e. The first-order chi connectivity index (χ1) is 15.3. The molecular weight excluding hydrogens is 390 g/mol. The van der Waals surface area contributed by atoms with Crippen molar-refractivity contribution in [3.8, 4) is 17.0 Å². The van der Waals surface area contributed by atoms with Crippen molar-refractivity contribution >= 4 is 10.9 Å². The van der Waals surface area contributed by atoms with Gasteiger partial charge in [0.25, 0.3) is 0 Å². The predicted molar refractivity (Wildman–Crippen MR) is 123 cm³/mol. The van der Waals surface area contributed by atoms with E-state index >= 15 is 0 Å². The molecule has 2 heterocycles. The van der Waals surface area contributed by atoms with Gasteiger partial charge in [0.15, 0.2) is 0 Å². The summed E-state index contributed by atoms with van der Waals surface area (Å²) in [5.41, 5.74) is 2.79. The Bertz CT molecular complexity index is 945. The molecule has 31 heavy (non-hydrogen) atoms. The minimum atomic E-state index is -0.574. The smallest absolute Gasteiger partial charge is 0.131 e. The number of hydrogen-bond donors (Lipinski definition) is 2. The number of pyridine rings is 1. The Morgan fingerprint density at radius 3 is 2.68 bits per heavy atom. The van der Waals surface area contributed by atoms with Crippen LogP contribution in [0.4, 0.5) is 0 Å². The number of nitrogens with one attached hydrogen (secondary N) is 1. The predicted octanol–water partition coefficient (Wildman–Crippen LogP) is 2.95. The summed E-state index contributed by atoms with van der Waals surface area (Å²) in [6, 6.07) is 20.0. The van der Waals surface area contributed by atoms with E-state index in [2.05, 4.69) is 10.2 Å². The Morgan fingerprint density at radius 2 is 1.84 bits per heavy atom. The van der Waals surface area contributed by atoms with Crippen LogP contribution in [0.3, 0.4) is 0 Å². The number of ether oxygens (including phenoxy) is 2. The van der Waals surface area contributed by atoms with Gasteiger partial charge >= 0.3 is 0 Å². The van der Waals surface area contributed by atoms with Crippen molar-refractivity contribution in [1.29, 1.82) is 0 Å². The van der Waals surface area contributed by atoms with Crippen LogP contribution in [-0.4, -0.2) is 73.6 Å². The molecule has 0 amide bonds. The number of hydrogen-bond acceptors (Lipinski definition) is 6. The van der Waals surface area contributed by atoms with Crippen LogP contribution in [0.1, 0.15) is 6.42 Å². The Kier molecular flexibility index (Phi) is 7.85. The molecule has 2 aromatic carbocycles. The van der Waals surface area contributed by atoms with E-state index in [1.165, 1.54) is 0 Å². The number of fused-ring (bicyclic) bond motifs is 1. The summed E-state index contributed by atoms with van der Waals surface area (Å²) in [6.07, 6.45) is 0.485. The second kappa shape index (κ2) is 11.2. The van der Waals surface area contributed by atoms with E-state index < -0.39 is 6.10 Å². The summed E-state index contributed by atoms with van der Waals surface area (Å²) in [5.74, 6) is 0.746. The molecule has 6 heteroatoms. The zero-order valence-corrected chi connectivity index (χ0v) is 17.9. The lowest BCUT2D eigenvalue weighted by Crippen LogP contribution is -2.38. The maximum atomic E-state index is 10.4. The van der Waals surface area contributed by atoms with Crippen LogP contribution in [0.5, 0.6) is 5.75 Å². The zero-order chi connectivity index (χ0) is 21.3. The van der Waals surface area contributed by atoms with Gasteiger partial charge in [0.05, 0.1) is 24.4 Å². The lowest BCUT2D eigenvalue weighted by molar-refractivity contribution is 0.0373. The first-order valence-corrected chi connectivity index (χ1v) is 11.1. The summed E-state index contributed by atoms with van der Waals surface area (Å²) in [5, 5.41) is 14.7. The lowest BCUT2D eigenvalue weighted by Gasteiger charge is -2.26. The van der Waals surface area contributed by atoms with Crippen molar-refractivity contribution < 1.29 is 14.6 Å². The highest BCUT2D eigenvalue weighted by molar-refractivity contribution is 5.87. The van der Waals surface area contributed by atoms with Crippen molar-refractivity contribution in [1.82, 2.24) is 15.2 Å². The van der Waals surface area contributed by atoms with Gasteiger partial charge in [0.2, 0.25) is 0 Å². The second-order valence-electron chi connectivity index (χ2n) is 7.87. The van der Waals surface area contributed by atoms with Gasteiger partial charge in [0.1, 0.15) is 18.5 Å². The summed E-state index contributed by atoms with van der Waals surface area (Å²) < 4.78 is 11.4. The number of para-hydroxylation sites is 1. The molecule has 2 N–H and O–H groups in total. The van der Waals surface area contributed by atoms with Crippen molar-refractivity contribution in [3.05, 3.63) is 60.7 Å². The van der Waals surface area contributed by atoms with Crippen molar-refractivity contribution in [3.63, 3.8) is 0 Å². The van der Waals surface area contributed by atoms with Crippen LogP contribution in [0.2, 0.25) is 0 Å². The van der Waals surface area contributed by atoms with E-state index in [1.807, 2.05) is 60.7 Å². The van der Waals surface area contributed by atoms with Gasteiger partial charge in [-0.3, -0.25) is 4.90 Å². The molecule has 4 rings (SSSR count). The average molecular weight is 422 g/mol. The number of nitrogens with zero attached hydrogens (tertiary/aromatic N) is 2. The normalized spacial score (nSPS) is 15.8.